The van der Waals surface area contributed by atoms with Gasteiger partial charge in [0.15, 0.2) is 0 Å². The molecular formula is C18H18O3. The lowest BCUT2D eigenvalue weighted by atomic mass is 10.1. The van der Waals surface area contributed by atoms with Crippen LogP contribution < -0.4 is 4.74 Å². The van der Waals surface area contributed by atoms with Gasteiger partial charge in [0.25, 0.3) is 0 Å². The van der Waals surface area contributed by atoms with E-state index in [1.54, 1.807) is 19.3 Å². The lowest BCUT2D eigenvalue weighted by Gasteiger charge is -2.06. The second-order valence-electron chi connectivity index (χ2n) is 4.54. The lowest BCUT2D eigenvalue weighted by Crippen LogP contribution is -2.00. The van der Waals surface area contributed by atoms with Crippen LogP contribution in [0.3, 0.4) is 0 Å². The van der Waals surface area contributed by atoms with Crippen molar-refractivity contribution in [2.24, 2.45) is 0 Å². The van der Waals surface area contributed by atoms with E-state index in [1.807, 2.05) is 49.4 Å². The molecule has 0 aliphatic rings. The van der Waals surface area contributed by atoms with Crippen molar-refractivity contribution in [1.29, 1.82) is 0 Å². The van der Waals surface area contributed by atoms with E-state index in [0.717, 1.165) is 22.1 Å². The molecule has 2 aromatic rings. The molecule has 0 saturated heterocycles. The maximum absolute atomic E-state index is 11.5. The van der Waals surface area contributed by atoms with Gasteiger partial charge in [0.05, 0.1) is 7.11 Å². The highest BCUT2D eigenvalue weighted by atomic mass is 16.5. The van der Waals surface area contributed by atoms with Gasteiger partial charge in [0.1, 0.15) is 12.4 Å². The number of carbonyl (C=O) groups is 1. The Morgan fingerprint density at radius 3 is 2.62 bits per heavy atom. The van der Waals surface area contributed by atoms with Crippen molar-refractivity contribution in [3.05, 3.63) is 66.3 Å². The number of benzene rings is 2. The van der Waals surface area contributed by atoms with Crippen molar-refractivity contribution in [3.8, 4) is 5.75 Å². The average molecular weight is 282 g/mol. The van der Waals surface area contributed by atoms with Crippen molar-refractivity contribution >= 4 is 16.7 Å². The summed E-state index contributed by atoms with van der Waals surface area (Å²) in [7, 11) is 1.65. The van der Waals surface area contributed by atoms with E-state index in [1.165, 1.54) is 6.08 Å². The molecule has 0 amide bonds. The monoisotopic (exact) mass is 282 g/mol. The molecule has 21 heavy (non-hydrogen) atoms. The first-order valence-electron chi connectivity index (χ1n) is 6.75. The maximum Gasteiger partial charge on any atom is 0.331 e. The van der Waals surface area contributed by atoms with Crippen LogP contribution >= 0.6 is 0 Å². The van der Waals surface area contributed by atoms with Gasteiger partial charge in [-0.05, 0) is 41.5 Å². The average Bonchev–Trinajstić information content (AvgIpc) is 2.52. The maximum atomic E-state index is 11.5. The zero-order valence-corrected chi connectivity index (χ0v) is 12.2. The summed E-state index contributed by atoms with van der Waals surface area (Å²) >= 11 is 0. The molecule has 0 aliphatic heterocycles. The van der Waals surface area contributed by atoms with Gasteiger partial charge >= 0.3 is 5.97 Å². The highest BCUT2D eigenvalue weighted by Gasteiger charge is 2.01. The summed E-state index contributed by atoms with van der Waals surface area (Å²) in [6, 6.07) is 11.8. The number of hydrogen-bond acceptors (Lipinski definition) is 3. The number of rotatable bonds is 5. The molecule has 3 heteroatoms. The Bertz CT molecular complexity index is 684. The Labute approximate surface area is 124 Å². The number of methoxy groups -OCH3 is 1. The Morgan fingerprint density at radius 2 is 1.86 bits per heavy atom. The van der Waals surface area contributed by atoms with E-state index in [0.29, 0.717) is 0 Å². The second-order valence-corrected chi connectivity index (χ2v) is 4.54. The zero-order chi connectivity index (χ0) is 15.1. The van der Waals surface area contributed by atoms with Crippen LogP contribution in [0, 0.1) is 0 Å². The van der Waals surface area contributed by atoms with Gasteiger partial charge in [-0.1, -0.05) is 36.4 Å². The molecule has 0 heterocycles. The normalized spacial score (nSPS) is 11.3. The van der Waals surface area contributed by atoms with Crippen LogP contribution in [0.5, 0.6) is 5.75 Å². The molecule has 0 aliphatic carbocycles. The van der Waals surface area contributed by atoms with Gasteiger partial charge in [0.2, 0.25) is 0 Å². The summed E-state index contributed by atoms with van der Waals surface area (Å²) in [5.74, 6) is 0.485. The van der Waals surface area contributed by atoms with Gasteiger partial charge in [-0.2, -0.15) is 0 Å². The summed E-state index contributed by atoms with van der Waals surface area (Å²) < 4.78 is 10.4. The van der Waals surface area contributed by atoms with Crippen LogP contribution in [0.25, 0.3) is 10.8 Å². The van der Waals surface area contributed by atoms with E-state index in [2.05, 4.69) is 0 Å². The van der Waals surface area contributed by atoms with Gasteiger partial charge < -0.3 is 9.47 Å². The quantitative estimate of drug-likeness (QED) is 0.472. The Balaban J connectivity index is 2.04. The molecule has 0 bridgehead atoms. The van der Waals surface area contributed by atoms with Crippen LogP contribution in [0.15, 0.2) is 60.7 Å². The highest BCUT2D eigenvalue weighted by Crippen LogP contribution is 2.22. The van der Waals surface area contributed by atoms with Crippen molar-refractivity contribution in [1.82, 2.24) is 0 Å². The summed E-state index contributed by atoms with van der Waals surface area (Å²) in [5, 5.41) is 2.19. The third-order valence-electron chi connectivity index (χ3n) is 3.03. The minimum Gasteiger partial charge on any atom is -0.497 e. The number of ether oxygens (including phenoxy) is 2. The fraction of sp³-hybridized carbons (Fsp3) is 0.167. The van der Waals surface area contributed by atoms with Crippen LogP contribution in [-0.2, 0) is 16.1 Å². The second kappa shape index (κ2) is 7.29. The molecule has 3 nitrogen and oxygen atoms in total. The molecule has 108 valence electrons. The molecule has 0 spiro atoms. The van der Waals surface area contributed by atoms with E-state index in [9.17, 15) is 4.79 Å². The number of esters is 1. The fourth-order valence-electron chi connectivity index (χ4n) is 1.94. The Morgan fingerprint density at radius 1 is 1.10 bits per heavy atom. The first-order chi connectivity index (χ1) is 10.2. The fourth-order valence-corrected chi connectivity index (χ4v) is 1.94. The summed E-state index contributed by atoms with van der Waals surface area (Å²) in [5.41, 5.74) is 0.959. The standard InChI is InChI=1S/C18H18O3/c1-3-4-5-6-18(19)21-13-14-7-8-16-12-17(20-2)10-9-15(16)11-14/h3-12H,13H2,1-2H3. The van der Waals surface area contributed by atoms with Crippen LogP contribution in [-0.4, -0.2) is 13.1 Å². The minimum atomic E-state index is -0.345. The Kier molecular flexibility index (Phi) is 5.16. The summed E-state index contributed by atoms with van der Waals surface area (Å²) in [6.45, 7) is 2.15. The first-order valence-corrected chi connectivity index (χ1v) is 6.75. The highest BCUT2D eigenvalue weighted by molar-refractivity contribution is 5.85. The molecule has 2 rings (SSSR count). The molecule has 0 fully saturated rings. The van der Waals surface area contributed by atoms with Gasteiger partial charge in [-0.3, -0.25) is 0 Å². The number of hydrogen-bond donors (Lipinski definition) is 0. The van der Waals surface area contributed by atoms with Crippen LogP contribution in [0.2, 0.25) is 0 Å². The summed E-state index contributed by atoms with van der Waals surface area (Å²) in [6.07, 6.45) is 6.70. The first kappa shape index (κ1) is 14.9. The van der Waals surface area contributed by atoms with Crippen molar-refractivity contribution < 1.29 is 14.3 Å². The van der Waals surface area contributed by atoms with Crippen molar-refractivity contribution in [2.75, 3.05) is 7.11 Å². The topological polar surface area (TPSA) is 35.5 Å². The third-order valence-corrected chi connectivity index (χ3v) is 3.03. The van der Waals surface area contributed by atoms with E-state index in [4.69, 9.17) is 9.47 Å². The molecule has 0 saturated carbocycles. The smallest absolute Gasteiger partial charge is 0.331 e. The molecule has 2 aromatic carbocycles. The largest absolute Gasteiger partial charge is 0.497 e. The number of allylic oxidation sites excluding steroid dienone is 3. The predicted molar refractivity (Wildman–Crippen MR) is 84.3 cm³/mol. The van der Waals surface area contributed by atoms with Crippen LogP contribution in [0.4, 0.5) is 0 Å². The molecule has 0 N–H and O–H groups in total. The minimum absolute atomic E-state index is 0.265. The van der Waals surface area contributed by atoms with Crippen LogP contribution in [0.1, 0.15) is 12.5 Å². The number of fused-ring (bicyclic) bond motifs is 1. The molecule has 0 radical (unpaired) electrons. The van der Waals surface area contributed by atoms with Gasteiger partial charge in [-0.15, -0.1) is 0 Å². The molecule has 0 aromatic heterocycles. The van der Waals surface area contributed by atoms with Gasteiger partial charge in [0, 0.05) is 6.08 Å². The van der Waals surface area contributed by atoms with Crippen molar-refractivity contribution in [3.63, 3.8) is 0 Å². The van der Waals surface area contributed by atoms with Crippen molar-refractivity contribution in [2.45, 2.75) is 13.5 Å². The predicted octanol–water partition coefficient (Wildman–Crippen LogP) is 4.02. The van der Waals surface area contributed by atoms with E-state index < -0.39 is 0 Å². The molecule has 0 unspecified atom stereocenters. The van der Waals surface area contributed by atoms with E-state index >= 15 is 0 Å². The SMILES string of the molecule is CC=CC=CC(=O)OCc1ccc2cc(OC)ccc2c1. The summed E-state index contributed by atoms with van der Waals surface area (Å²) in [4.78, 5) is 11.5. The molecular weight excluding hydrogens is 264 g/mol. The van der Waals surface area contributed by atoms with E-state index in [-0.39, 0.29) is 12.6 Å². The lowest BCUT2D eigenvalue weighted by molar-refractivity contribution is -0.139. The molecule has 0 atom stereocenters. The van der Waals surface area contributed by atoms with Gasteiger partial charge in [-0.25, -0.2) is 4.79 Å². The zero-order valence-electron chi connectivity index (χ0n) is 12.2. The third kappa shape index (κ3) is 4.21. The Hall–Kier alpha value is -2.55. The number of carbonyl (C=O) groups excluding carboxylic acids is 1.